The number of hydrogen-bond donors (Lipinski definition) is 2. The van der Waals surface area contributed by atoms with Crippen LogP contribution in [0.15, 0.2) is 42.0 Å². The van der Waals surface area contributed by atoms with Crippen LogP contribution < -0.4 is 15.5 Å². The molecule has 1 amide bonds. The number of amides is 1. The maximum Gasteiger partial charge on any atom is 0.229 e. The lowest BCUT2D eigenvalue weighted by Gasteiger charge is -2.33. The van der Waals surface area contributed by atoms with Gasteiger partial charge >= 0.3 is 0 Å². The number of fused-ring (bicyclic) bond motifs is 1. The minimum Gasteiger partial charge on any atom is -0.355 e. The lowest BCUT2D eigenvalue weighted by Crippen LogP contribution is -2.41. The first-order chi connectivity index (χ1) is 13.7. The Hall–Kier alpha value is -2.22. The molecule has 0 radical (unpaired) electrons. The fourth-order valence-corrected chi connectivity index (χ4v) is 4.41. The van der Waals surface area contributed by atoms with E-state index in [-0.39, 0.29) is 24.2 Å². The second kappa shape index (κ2) is 10.0. The van der Waals surface area contributed by atoms with Crippen LogP contribution in [0.1, 0.15) is 25.3 Å². The molecule has 1 aliphatic rings. The number of carbonyl (C=O) groups is 1. The van der Waals surface area contributed by atoms with E-state index in [0.717, 1.165) is 54.2 Å². The Balaban J connectivity index is 0.00000240. The molecule has 6 nitrogen and oxygen atoms in total. The van der Waals surface area contributed by atoms with Gasteiger partial charge in [-0.15, -0.1) is 23.7 Å². The number of halogens is 1. The van der Waals surface area contributed by atoms with E-state index in [1.54, 1.807) is 17.7 Å². The standard InChI is InChI=1S/C21H25N5OS.ClH/c1-2-22-12-15-5-3-7-17(11-15)25-20(27)16-6-4-9-26(13-16)19-18-8-10-28-21(18)24-14-23-19;/h3,5,7-8,10-11,14,16,22H,2,4,6,9,12-13H2,1H3,(H,25,27);1H. The van der Waals surface area contributed by atoms with Crippen LogP contribution in [0.5, 0.6) is 0 Å². The molecule has 0 bridgehead atoms. The third-order valence-electron chi connectivity index (χ3n) is 5.11. The summed E-state index contributed by atoms with van der Waals surface area (Å²) in [7, 11) is 0. The number of rotatable bonds is 6. The van der Waals surface area contributed by atoms with E-state index >= 15 is 0 Å². The van der Waals surface area contributed by atoms with E-state index in [1.165, 1.54) is 5.56 Å². The largest absolute Gasteiger partial charge is 0.355 e. The van der Waals surface area contributed by atoms with E-state index in [1.807, 2.05) is 23.6 Å². The number of piperidine rings is 1. The van der Waals surface area contributed by atoms with Crippen molar-refractivity contribution in [3.63, 3.8) is 0 Å². The van der Waals surface area contributed by atoms with Crippen molar-refractivity contribution in [2.24, 2.45) is 5.92 Å². The Morgan fingerprint density at radius 3 is 3.07 bits per heavy atom. The second-order valence-corrected chi connectivity index (χ2v) is 7.99. The van der Waals surface area contributed by atoms with Crippen LogP contribution >= 0.6 is 23.7 Å². The van der Waals surface area contributed by atoms with Gasteiger partial charge in [-0.2, -0.15) is 0 Å². The summed E-state index contributed by atoms with van der Waals surface area (Å²) < 4.78 is 0. The molecule has 1 saturated heterocycles. The Labute approximate surface area is 181 Å². The van der Waals surface area contributed by atoms with Gasteiger partial charge in [0.05, 0.1) is 11.3 Å². The van der Waals surface area contributed by atoms with Crippen molar-refractivity contribution in [2.75, 3.05) is 29.9 Å². The molecule has 3 aromatic rings. The van der Waals surface area contributed by atoms with Crippen LogP contribution in [0.3, 0.4) is 0 Å². The molecule has 1 aromatic carbocycles. The molecule has 0 aliphatic carbocycles. The highest BCUT2D eigenvalue weighted by atomic mass is 35.5. The average molecular weight is 432 g/mol. The van der Waals surface area contributed by atoms with Crippen molar-refractivity contribution in [2.45, 2.75) is 26.3 Å². The van der Waals surface area contributed by atoms with Gasteiger partial charge in [-0.3, -0.25) is 4.79 Å². The zero-order valence-electron chi connectivity index (χ0n) is 16.4. The summed E-state index contributed by atoms with van der Waals surface area (Å²) in [6, 6.07) is 10.1. The zero-order chi connectivity index (χ0) is 19.3. The predicted molar refractivity (Wildman–Crippen MR) is 122 cm³/mol. The van der Waals surface area contributed by atoms with Crippen LogP contribution in [0, 0.1) is 5.92 Å². The number of carbonyl (C=O) groups excluding carboxylic acids is 1. The maximum atomic E-state index is 12.9. The van der Waals surface area contributed by atoms with Gasteiger partial charge < -0.3 is 15.5 Å². The van der Waals surface area contributed by atoms with Crippen molar-refractivity contribution in [3.05, 3.63) is 47.6 Å². The number of nitrogens with zero attached hydrogens (tertiary/aromatic N) is 3. The Bertz CT molecular complexity index is 963. The molecule has 1 aliphatic heterocycles. The zero-order valence-corrected chi connectivity index (χ0v) is 18.1. The van der Waals surface area contributed by atoms with Gasteiger partial charge in [0.25, 0.3) is 0 Å². The van der Waals surface area contributed by atoms with Gasteiger partial charge in [0.2, 0.25) is 5.91 Å². The van der Waals surface area contributed by atoms with Crippen molar-refractivity contribution in [3.8, 4) is 0 Å². The number of anilines is 2. The van der Waals surface area contributed by atoms with Crippen LogP contribution in [0.25, 0.3) is 10.2 Å². The fourth-order valence-electron chi connectivity index (χ4n) is 3.69. The average Bonchev–Trinajstić information content (AvgIpc) is 3.21. The minimum absolute atomic E-state index is 0. The molecule has 1 atom stereocenters. The van der Waals surface area contributed by atoms with Crippen LogP contribution in [-0.2, 0) is 11.3 Å². The molecule has 2 N–H and O–H groups in total. The molecule has 29 heavy (non-hydrogen) atoms. The highest BCUT2D eigenvalue weighted by Gasteiger charge is 2.27. The number of aromatic nitrogens is 2. The number of thiophene rings is 1. The van der Waals surface area contributed by atoms with Gasteiger partial charge in [0, 0.05) is 25.3 Å². The molecule has 0 spiro atoms. The third-order valence-corrected chi connectivity index (χ3v) is 5.93. The van der Waals surface area contributed by atoms with Gasteiger partial charge in [-0.05, 0) is 48.5 Å². The Morgan fingerprint density at radius 2 is 2.21 bits per heavy atom. The first-order valence-corrected chi connectivity index (χ1v) is 10.7. The highest BCUT2D eigenvalue weighted by molar-refractivity contribution is 7.16. The van der Waals surface area contributed by atoms with Gasteiger partial charge in [-0.25, -0.2) is 9.97 Å². The van der Waals surface area contributed by atoms with E-state index in [2.05, 4.69) is 44.6 Å². The number of hydrogen-bond acceptors (Lipinski definition) is 6. The van der Waals surface area contributed by atoms with Crippen LogP contribution in [-0.4, -0.2) is 35.5 Å². The van der Waals surface area contributed by atoms with E-state index in [4.69, 9.17) is 0 Å². The van der Waals surface area contributed by atoms with Gasteiger partial charge in [0.1, 0.15) is 17.0 Å². The van der Waals surface area contributed by atoms with Gasteiger partial charge in [0.15, 0.2) is 0 Å². The third kappa shape index (κ3) is 5.04. The summed E-state index contributed by atoms with van der Waals surface area (Å²) in [6.07, 6.45) is 3.50. The first kappa shape index (κ1) is 21.5. The first-order valence-electron chi connectivity index (χ1n) is 9.78. The Kier molecular flexibility index (Phi) is 7.41. The molecular weight excluding hydrogens is 406 g/mol. The lowest BCUT2D eigenvalue weighted by molar-refractivity contribution is -0.120. The topological polar surface area (TPSA) is 70.2 Å². The molecule has 3 heterocycles. The minimum atomic E-state index is -0.0465. The number of benzene rings is 1. The molecule has 0 saturated carbocycles. The molecule has 8 heteroatoms. The van der Waals surface area contributed by atoms with Crippen molar-refractivity contribution < 1.29 is 4.79 Å². The molecule has 4 rings (SSSR count). The fraction of sp³-hybridized carbons (Fsp3) is 0.381. The quantitative estimate of drug-likeness (QED) is 0.615. The Morgan fingerprint density at radius 1 is 1.31 bits per heavy atom. The monoisotopic (exact) mass is 431 g/mol. The van der Waals surface area contributed by atoms with E-state index < -0.39 is 0 Å². The summed E-state index contributed by atoms with van der Waals surface area (Å²) in [5.74, 6) is 0.979. The molecular formula is C21H26ClN5OS. The smallest absolute Gasteiger partial charge is 0.229 e. The second-order valence-electron chi connectivity index (χ2n) is 7.09. The summed E-state index contributed by atoms with van der Waals surface area (Å²) >= 11 is 1.62. The number of nitrogens with one attached hydrogen (secondary N) is 2. The molecule has 1 unspecified atom stereocenters. The highest BCUT2D eigenvalue weighted by Crippen LogP contribution is 2.30. The molecule has 2 aromatic heterocycles. The van der Waals surface area contributed by atoms with Gasteiger partial charge in [-0.1, -0.05) is 19.1 Å². The molecule has 154 valence electrons. The summed E-state index contributed by atoms with van der Waals surface area (Å²) in [5, 5.41) is 9.54. The van der Waals surface area contributed by atoms with Crippen LogP contribution in [0.4, 0.5) is 11.5 Å². The normalized spacial score (nSPS) is 16.4. The summed E-state index contributed by atoms with van der Waals surface area (Å²) in [6.45, 7) is 5.42. The van der Waals surface area contributed by atoms with Crippen molar-refractivity contribution >= 4 is 51.4 Å². The van der Waals surface area contributed by atoms with E-state index in [9.17, 15) is 4.79 Å². The lowest BCUT2D eigenvalue weighted by atomic mass is 9.96. The summed E-state index contributed by atoms with van der Waals surface area (Å²) in [4.78, 5) is 25.0. The predicted octanol–water partition coefficient (Wildman–Crippen LogP) is 4.08. The maximum absolute atomic E-state index is 12.9. The van der Waals surface area contributed by atoms with Crippen LogP contribution in [0.2, 0.25) is 0 Å². The van der Waals surface area contributed by atoms with Crippen molar-refractivity contribution in [1.29, 1.82) is 0 Å². The van der Waals surface area contributed by atoms with Crippen molar-refractivity contribution in [1.82, 2.24) is 15.3 Å². The summed E-state index contributed by atoms with van der Waals surface area (Å²) in [5.41, 5.74) is 2.03. The molecule has 1 fully saturated rings. The van der Waals surface area contributed by atoms with E-state index in [0.29, 0.717) is 6.54 Å². The SMILES string of the molecule is CCNCc1cccc(NC(=O)C2CCCN(c3ncnc4sccc34)C2)c1.Cl.